The number of carbonyl (C=O) groups is 2. The van der Waals surface area contributed by atoms with Crippen molar-refractivity contribution < 1.29 is 14.3 Å². The Kier molecular flexibility index (Phi) is 31.6. The third-order valence-electron chi connectivity index (χ3n) is 7.98. The third-order valence-corrected chi connectivity index (χ3v) is 7.98. The molecule has 0 saturated heterocycles. The number of aryl methyl sites for hydroxylation is 1. The number of nitriles is 1. The Balaban J connectivity index is -0.00000110. The number of amides is 2. The van der Waals surface area contributed by atoms with Crippen LogP contribution in [0.2, 0.25) is 0 Å². The number of hydrogen-bond acceptors (Lipinski definition) is 8. The molecule has 2 rings (SSSR count). The fraction of sp³-hybridized carbons (Fsp3) is 0.595. The average molecular weight is 724 g/mol. The number of fused-ring (bicyclic) bond motifs is 1. The van der Waals surface area contributed by atoms with E-state index in [1.165, 1.54) is 12.5 Å². The molecule has 3 N–H and O–H groups in total. The van der Waals surface area contributed by atoms with Crippen molar-refractivity contribution in [2.24, 2.45) is 0 Å². The fourth-order valence-corrected chi connectivity index (χ4v) is 5.14. The van der Waals surface area contributed by atoms with Gasteiger partial charge >= 0.3 is 0 Å². The number of hydrogen-bond donors (Lipinski definition) is 3. The number of benzene rings is 1. The second-order valence-corrected chi connectivity index (χ2v) is 12.5. The van der Waals surface area contributed by atoms with Gasteiger partial charge in [-0.25, -0.2) is 0 Å². The summed E-state index contributed by atoms with van der Waals surface area (Å²) in [7, 11) is 9.19. The van der Waals surface area contributed by atoms with E-state index in [2.05, 4.69) is 51.7 Å². The molecule has 294 valence electrons. The van der Waals surface area contributed by atoms with Crippen LogP contribution in [0, 0.1) is 22.1 Å². The molecular weight excluding hydrogens is 651 g/mol. The molecule has 0 aliphatic heterocycles. The zero-order valence-electron chi connectivity index (χ0n) is 35.0. The van der Waals surface area contributed by atoms with Gasteiger partial charge < -0.3 is 24.8 Å². The number of carbonyl (C=O) groups excluding carboxylic acids is 2. The highest BCUT2D eigenvalue weighted by Gasteiger charge is 2.44. The molecule has 0 spiro atoms. The van der Waals surface area contributed by atoms with Crippen LogP contribution >= 0.6 is 0 Å². The fourth-order valence-electron chi connectivity index (χ4n) is 5.14. The summed E-state index contributed by atoms with van der Waals surface area (Å²) in [6.45, 7) is 21.8. The molecule has 1 aliphatic rings. The maximum absolute atomic E-state index is 12.7. The molecule has 1 unspecified atom stereocenters. The normalized spacial score (nSPS) is 14.0. The van der Waals surface area contributed by atoms with Gasteiger partial charge in [-0.1, -0.05) is 78.3 Å². The van der Waals surface area contributed by atoms with Gasteiger partial charge in [0.05, 0.1) is 11.5 Å². The number of nitrogens with one attached hydrogen (secondary N) is 3. The predicted octanol–water partition coefficient (Wildman–Crippen LogP) is 8.75. The van der Waals surface area contributed by atoms with Crippen LogP contribution in [-0.4, -0.2) is 93.7 Å². The van der Waals surface area contributed by atoms with E-state index in [0.29, 0.717) is 24.9 Å². The van der Waals surface area contributed by atoms with Crippen molar-refractivity contribution in [3.8, 4) is 6.07 Å². The summed E-state index contributed by atoms with van der Waals surface area (Å²) in [4.78, 5) is 27.8. The van der Waals surface area contributed by atoms with Gasteiger partial charge in [0.25, 0.3) is 5.91 Å². The van der Waals surface area contributed by atoms with E-state index in [-0.39, 0.29) is 17.7 Å². The quantitative estimate of drug-likeness (QED) is 0.0717. The minimum Gasteiger partial charge on any atom is -0.428 e. The van der Waals surface area contributed by atoms with E-state index in [1.807, 2.05) is 58.0 Å². The van der Waals surface area contributed by atoms with Crippen molar-refractivity contribution in [1.29, 1.82) is 16.1 Å². The summed E-state index contributed by atoms with van der Waals surface area (Å²) in [5.74, 6) is 0.190. The lowest BCUT2D eigenvalue weighted by atomic mass is 9.69. The van der Waals surface area contributed by atoms with Gasteiger partial charge in [0.1, 0.15) is 0 Å². The molecule has 0 heterocycles. The van der Waals surface area contributed by atoms with Gasteiger partial charge in [-0.3, -0.25) is 20.4 Å². The first-order valence-corrected chi connectivity index (χ1v) is 18.7. The van der Waals surface area contributed by atoms with Crippen molar-refractivity contribution >= 4 is 24.1 Å². The molecule has 0 aromatic heterocycles. The molecule has 52 heavy (non-hydrogen) atoms. The number of unbranched alkanes of at least 4 members (excludes halogenated alkanes) is 1. The van der Waals surface area contributed by atoms with E-state index < -0.39 is 5.41 Å². The first-order valence-electron chi connectivity index (χ1n) is 18.7. The maximum Gasteiger partial charge on any atom is 0.253 e. The van der Waals surface area contributed by atoms with Gasteiger partial charge in [-0.2, -0.15) is 5.26 Å². The largest absolute Gasteiger partial charge is 0.428 e. The minimum absolute atomic E-state index is 0.0304. The van der Waals surface area contributed by atoms with E-state index in [9.17, 15) is 15.0 Å². The van der Waals surface area contributed by atoms with E-state index in [1.54, 1.807) is 43.2 Å². The van der Waals surface area contributed by atoms with Crippen LogP contribution in [-0.2, 0) is 21.4 Å². The van der Waals surface area contributed by atoms with Crippen molar-refractivity contribution in [3.63, 3.8) is 0 Å². The molecule has 1 aromatic rings. The van der Waals surface area contributed by atoms with Crippen LogP contribution in [0.3, 0.4) is 0 Å². The molecule has 1 aromatic carbocycles. The molecule has 1 aliphatic carbocycles. The molecule has 10 heteroatoms. The zero-order chi connectivity index (χ0) is 40.7. The standard InChI is InChI=1S/C28H42N4O2.C6H13NO.C4H9N.C2H3N.C2H6/c1-7-10-12-21-13-14-22-19-23(26(33)32(5)6)15-16-24(22)28(20(21)4,17-18-31-9-3)27(30)34-25(29)11-8-2;1-3-4-5-7(2)6-8;1-4-5(2)3;1-2-3;1-2/h10,12,15-16,19,29-31H,7-9,11,13-14,17-18H2,1-6H3;6H,3-5H2,1-2H3;4H,1H2,2-3H3;1H3;1-2H3/b12-10-,29-25?,30-27?;;;;. The summed E-state index contributed by atoms with van der Waals surface area (Å²) in [5.41, 5.74) is 4.22. The van der Waals surface area contributed by atoms with Crippen LogP contribution in [0.4, 0.5) is 0 Å². The summed E-state index contributed by atoms with van der Waals surface area (Å²) >= 11 is 0. The minimum atomic E-state index is -0.804. The molecule has 2 amide bonds. The molecule has 0 fully saturated rings. The van der Waals surface area contributed by atoms with Crippen molar-refractivity contribution in [1.82, 2.24) is 20.0 Å². The smallest absolute Gasteiger partial charge is 0.253 e. The molecule has 0 bridgehead atoms. The molecule has 0 radical (unpaired) electrons. The van der Waals surface area contributed by atoms with Crippen LogP contribution < -0.4 is 5.32 Å². The highest BCUT2D eigenvalue weighted by Crippen LogP contribution is 2.44. The predicted molar refractivity (Wildman–Crippen MR) is 221 cm³/mol. The first-order chi connectivity index (χ1) is 24.7. The zero-order valence-corrected chi connectivity index (χ0v) is 35.0. The Hall–Kier alpha value is -4.23. The Bertz CT molecular complexity index is 1290. The first kappa shape index (κ1) is 52.1. The van der Waals surface area contributed by atoms with Crippen LogP contribution in [0.1, 0.15) is 122 Å². The number of ether oxygens (including phenoxy) is 1. The SMILES string of the molecule is C=CN(C)C.CC.CC#N.CC/C=C\C1=C(C)C(CCNCC)(C(=N)OC(=N)CCC)c2ccc(C(=O)N(C)C)cc2CC1.CCCCN(C)C=O. The van der Waals surface area contributed by atoms with Crippen molar-refractivity contribution in [2.75, 3.05) is 54.9 Å². The monoisotopic (exact) mass is 724 g/mol. The van der Waals surface area contributed by atoms with Gasteiger partial charge in [0.15, 0.2) is 5.90 Å². The molecular formula is C42H73N7O3. The maximum atomic E-state index is 12.7. The highest BCUT2D eigenvalue weighted by atomic mass is 16.5. The third kappa shape index (κ3) is 19.4. The van der Waals surface area contributed by atoms with Crippen molar-refractivity contribution in [3.05, 3.63) is 71.0 Å². The molecule has 0 saturated carbocycles. The van der Waals surface area contributed by atoms with Gasteiger partial charge in [0.2, 0.25) is 12.3 Å². The Morgan fingerprint density at radius 2 is 1.67 bits per heavy atom. The Morgan fingerprint density at radius 1 is 1.08 bits per heavy atom. The van der Waals surface area contributed by atoms with Gasteiger partial charge in [0, 0.05) is 60.7 Å². The lowest BCUT2D eigenvalue weighted by Gasteiger charge is -2.37. The van der Waals surface area contributed by atoms with Crippen LogP contribution in [0.25, 0.3) is 0 Å². The summed E-state index contributed by atoms with van der Waals surface area (Å²) in [5, 5.41) is 28.2. The van der Waals surface area contributed by atoms with Crippen LogP contribution in [0.5, 0.6) is 0 Å². The summed E-state index contributed by atoms with van der Waals surface area (Å²) < 4.78 is 5.92. The summed E-state index contributed by atoms with van der Waals surface area (Å²) in [6.07, 6.45) is 13.7. The average Bonchev–Trinajstić information content (AvgIpc) is 3.24. The Labute approximate surface area is 318 Å². The molecule has 10 nitrogen and oxygen atoms in total. The molecule has 1 atom stereocenters. The summed E-state index contributed by atoms with van der Waals surface area (Å²) in [6, 6.07) is 7.62. The van der Waals surface area contributed by atoms with Gasteiger partial charge in [-0.15, -0.1) is 0 Å². The Morgan fingerprint density at radius 3 is 2.13 bits per heavy atom. The number of rotatable bonds is 15. The number of allylic oxidation sites excluding steroid dienone is 3. The van der Waals surface area contributed by atoms with Gasteiger partial charge in [-0.05, 0) is 93.6 Å². The highest BCUT2D eigenvalue weighted by molar-refractivity contribution is 5.99. The van der Waals surface area contributed by atoms with E-state index in [0.717, 1.165) is 74.7 Å². The number of nitrogens with zero attached hydrogens (tertiary/aromatic N) is 4. The van der Waals surface area contributed by atoms with Crippen LogP contribution in [0.15, 0.2) is 54.3 Å². The van der Waals surface area contributed by atoms with E-state index in [4.69, 9.17) is 15.4 Å². The topological polar surface area (TPSA) is 137 Å². The van der Waals surface area contributed by atoms with E-state index >= 15 is 0 Å². The second-order valence-electron chi connectivity index (χ2n) is 12.5. The van der Waals surface area contributed by atoms with Crippen molar-refractivity contribution in [2.45, 2.75) is 112 Å². The second kappa shape index (κ2) is 31.5. The lowest BCUT2D eigenvalue weighted by molar-refractivity contribution is -0.117. The lowest BCUT2D eigenvalue weighted by Crippen LogP contribution is -2.42.